The van der Waals surface area contributed by atoms with Gasteiger partial charge in [-0.25, -0.2) is 0 Å². The molecule has 0 radical (unpaired) electrons. The average Bonchev–Trinajstić information content (AvgIpc) is 2.31. The molecule has 18 heavy (non-hydrogen) atoms. The van der Waals surface area contributed by atoms with Gasteiger partial charge in [-0.2, -0.15) is 0 Å². The Hall–Kier alpha value is -0.0600. The van der Waals surface area contributed by atoms with Gasteiger partial charge in [-0.15, -0.1) is 24.8 Å². The highest BCUT2D eigenvalue weighted by molar-refractivity contribution is 6.42. The Balaban J connectivity index is 0.000000810. The molecule has 1 aromatic rings. The third-order valence-corrected chi connectivity index (χ3v) is 3.95. The maximum absolute atomic E-state index is 6.07. The van der Waals surface area contributed by atoms with Crippen LogP contribution in [0.25, 0.3) is 0 Å². The zero-order valence-corrected chi connectivity index (χ0v) is 12.7. The van der Waals surface area contributed by atoms with Crippen molar-refractivity contribution < 1.29 is 0 Å². The van der Waals surface area contributed by atoms with Gasteiger partial charge in [-0.1, -0.05) is 23.2 Å². The molecule has 2 aliphatic rings. The molecule has 1 aromatic carbocycles. The van der Waals surface area contributed by atoms with E-state index < -0.39 is 0 Å². The minimum Gasteiger partial charge on any atom is -0.381 e. The number of hydrogen-bond donors (Lipinski definition) is 2. The summed E-state index contributed by atoms with van der Waals surface area (Å²) >= 11 is 12.1. The number of benzene rings is 1. The van der Waals surface area contributed by atoms with E-state index in [9.17, 15) is 0 Å². The summed E-state index contributed by atoms with van der Waals surface area (Å²) in [6.45, 7) is 4.03. The number of rotatable bonds is 0. The molecule has 2 N–H and O–H groups in total. The van der Waals surface area contributed by atoms with Gasteiger partial charge in [0, 0.05) is 26.2 Å². The van der Waals surface area contributed by atoms with Gasteiger partial charge in [0.1, 0.15) is 0 Å². The molecule has 0 amide bonds. The summed E-state index contributed by atoms with van der Waals surface area (Å²) in [4.78, 5) is 2.41. The van der Waals surface area contributed by atoms with Crippen molar-refractivity contribution in [3.05, 3.63) is 22.2 Å². The fourth-order valence-electron chi connectivity index (χ4n) is 2.40. The Labute approximate surface area is 129 Å². The standard InChI is InChI=1S/C11H13Cl2N3.2ClH/c12-8-3-10-11(4-9(8)13)16-2-1-14-5-7(16)6-15-10;;/h3-4,7,14-15H,1-2,5-6H2;2*1H. The van der Waals surface area contributed by atoms with Crippen LogP contribution in [-0.2, 0) is 0 Å². The molecule has 1 saturated heterocycles. The van der Waals surface area contributed by atoms with Gasteiger partial charge in [-0.3, -0.25) is 0 Å². The second kappa shape index (κ2) is 6.40. The number of anilines is 2. The van der Waals surface area contributed by atoms with Gasteiger partial charge in [0.15, 0.2) is 0 Å². The zero-order valence-electron chi connectivity index (χ0n) is 9.58. The van der Waals surface area contributed by atoms with Crippen molar-refractivity contribution in [1.29, 1.82) is 0 Å². The largest absolute Gasteiger partial charge is 0.381 e. The van der Waals surface area contributed by atoms with Crippen LogP contribution in [-0.4, -0.2) is 32.2 Å². The van der Waals surface area contributed by atoms with E-state index in [-0.39, 0.29) is 24.8 Å². The first-order chi connectivity index (χ1) is 7.75. The summed E-state index contributed by atoms with van der Waals surface area (Å²) in [7, 11) is 0. The maximum atomic E-state index is 6.07. The fraction of sp³-hybridized carbons (Fsp3) is 0.455. The molecule has 3 rings (SSSR count). The molecular formula is C11H15Cl4N3. The number of piperazine rings is 1. The fourth-order valence-corrected chi connectivity index (χ4v) is 2.73. The molecule has 102 valence electrons. The van der Waals surface area contributed by atoms with Crippen molar-refractivity contribution in [3.8, 4) is 0 Å². The summed E-state index contributed by atoms with van der Waals surface area (Å²) in [6.07, 6.45) is 0. The number of fused-ring (bicyclic) bond motifs is 3. The average molecular weight is 331 g/mol. The third kappa shape index (κ3) is 2.75. The molecule has 1 atom stereocenters. The SMILES string of the molecule is Cl.Cl.Clc1cc2c(cc1Cl)N1CCNCC1CN2. The summed E-state index contributed by atoms with van der Waals surface area (Å²) in [5.41, 5.74) is 2.26. The van der Waals surface area contributed by atoms with E-state index in [1.54, 1.807) is 0 Å². The normalized spacial score (nSPS) is 20.8. The van der Waals surface area contributed by atoms with Crippen molar-refractivity contribution in [2.75, 3.05) is 36.4 Å². The minimum absolute atomic E-state index is 0. The Morgan fingerprint density at radius 1 is 1.11 bits per heavy atom. The molecular weight excluding hydrogens is 316 g/mol. The van der Waals surface area contributed by atoms with Gasteiger partial charge >= 0.3 is 0 Å². The molecule has 1 unspecified atom stereocenters. The number of hydrogen-bond acceptors (Lipinski definition) is 3. The van der Waals surface area contributed by atoms with Crippen LogP contribution >= 0.6 is 48.0 Å². The van der Waals surface area contributed by atoms with Crippen LogP contribution in [0.1, 0.15) is 0 Å². The van der Waals surface area contributed by atoms with Crippen LogP contribution in [0.2, 0.25) is 10.0 Å². The van der Waals surface area contributed by atoms with E-state index in [4.69, 9.17) is 23.2 Å². The number of nitrogens with one attached hydrogen (secondary N) is 2. The Morgan fingerprint density at radius 3 is 2.61 bits per heavy atom. The van der Waals surface area contributed by atoms with Gasteiger partial charge < -0.3 is 15.5 Å². The first kappa shape index (κ1) is 16.0. The molecule has 0 bridgehead atoms. The van der Waals surface area contributed by atoms with E-state index in [1.165, 1.54) is 5.69 Å². The quantitative estimate of drug-likeness (QED) is 0.765. The van der Waals surface area contributed by atoms with Crippen LogP contribution in [0.4, 0.5) is 11.4 Å². The van der Waals surface area contributed by atoms with Crippen molar-refractivity contribution in [3.63, 3.8) is 0 Å². The molecule has 1 fully saturated rings. The number of nitrogens with zero attached hydrogens (tertiary/aromatic N) is 1. The summed E-state index contributed by atoms with van der Waals surface area (Å²) in [5, 5.41) is 8.04. The van der Waals surface area contributed by atoms with Crippen LogP contribution in [0.5, 0.6) is 0 Å². The lowest BCUT2D eigenvalue weighted by atomic mass is 10.1. The lowest BCUT2D eigenvalue weighted by molar-refractivity contribution is 0.482. The molecule has 0 saturated carbocycles. The van der Waals surface area contributed by atoms with Gasteiger partial charge in [-0.05, 0) is 12.1 Å². The Bertz CT molecular complexity index is 427. The second-order valence-corrected chi connectivity index (χ2v) is 5.03. The Kier molecular flexibility index (Phi) is 5.68. The van der Waals surface area contributed by atoms with Crippen molar-refractivity contribution >= 4 is 59.4 Å². The van der Waals surface area contributed by atoms with Crippen LogP contribution in [0, 0.1) is 0 Å². The van der Waals surface area contributed by atoms with Crippen LogP contribution < -0.4 is 15.5 Å². The molecule has 7 heteroatoms. The smallest absolute Gasteiger partial charge is 0.0622 e. The van der Waals surface area contributed by atoms with Gasteiger partial charge in [0.25, 0.3) is 0 Å². The van der Waals surface area contributed by atoms with E-state index in [0.29, 0.717) is 16.1 Å². The summed E-state index contributed by atoms with van der Waals surface area (Å²) in [6, 6.07) is 4.39. The first-order valence-corrected chi connectivity index (χ1v) is 6.21. The topological polar surface area (TPSA) is 27.3 Å². The van der Waals surface area contributed by atoms with Crippen LogP contribution in [0.3, 0.4) is 0 Å². The van der Waals surface area contributed by atoms with E-state index in [0.717, 1.165) is 31.9 Å². The predicted molar refractivity (Wildman–Crippen MR) is 83.5 cm³/mol. The van der Waals surface area contributed by atoms with Crippen molar-refractivity contribution in [1.82, 2.24) is 5.32 Å². The van der Waals surface area contributed by atoms with E-state index >= 15 is 0 Å². The van der Waals surface area contributed by atoms with Crippen molar-refractivity contribution in [2.24, 2.45) is 0 Å². The van der Waals surface area contributed by atoms with Gasteiger partial charge in [0.05, 0.1) is 27.5 Å². The zero-order chi connectivity index (χ0) is 11.1. The second-order valence-electron chi connectivity index (χ2n) is 4.22. The predicted octanol–water partition coefficient (Wildman–Crippen LogP) is 3.04. The highest BCUT2D eigenvalue weighted by Crippen LogP contribution is 2.38. The lowest BCUT2D eigenvalue weighted by Crippen LogP contribution is -2.56. The third-order valence-electron chi connectivity index (χ3n) is 3.23. The summed E-state index contributed by atoms with van der Waals surface area (Å²) < 4.78 is 0. The lowest BCUT2D eigenvalue weighted by Gasteiger charge is -2.42. The molecule has 3 nitrogen and oxygen atoms in total. The molecule has 2 aliphatic heterocycles. The monoisotopic (exact) mass is 329 g/mol. The molecule has 2 heterocycles. The van der Waals surface area contributed by atoms with Crippen LogP contribution in [0.15, 0.2) is 12.1 Å². The maximum Gasteiger partial charge on any atom is 0.0622 e. The minimum atomic E-state index is 0. The Morgan fingerprint density at radius 2 is 1.83 bits per heavy atom. The number of halogens is 4. The highest BCUT2D eigenvalue weighted by atomic mass is 35.5. The summed E-state index contributed by atoms with van der Waals surface area (Å²) in [5.74, 6) is 0. The van der Waals surface area contributed by atoms with Gasteiger partial charge in [0.2, 0.25) is 0 Å². The highest BCUT2D eigenvalue weighted by Gasteiger charge is 2.28. The molecule has 0 aromatic heterocycles. The van der Waals surface area contributed by atoms with Crippen molar-refractivity contribution in [2.45, 2.75) is 6.04 Å². The first-order valence-electron chi connectivity index (χ1n) is 5.46. The van der Waals surface area contributed by atoms with E-state index in [1.807, 2.05) is 12.1 Å². The molecule has 0 spiro atoms. The van der Waals surface area contributed by atoms with E-state index in [2.05, 4.69) is 15.5 Å². The molecule has 0 aliphatic carbocycles.